The molecule has 1 aromatic carbocycles. The number of esters is 1. The molecule has 110 valence electrons. The maximum absolute atomic E-state index is 12.1. The molecule has 1 unspecified atom stereocenters. The van der Waals surface area contributed by atoms with Gasteiger partial charge in [-0.2, -0.15) is 0 Å². The molecule has 1 amide bonds. The van der Waals surface area contributed by atoms with Gasteiger partial charge in [-0.1, -0.05) is 24.9 Å². The molecule has 0 spiro atoms. The molecule has 0 aromatic heterocycles. The zero-order valence-electron chi connectivity index (χ0n) is 11.7. The number of carbonyl (C=O) groups excluding carboxylic acids is 2. The van der Waals surface area contributed by atoms with Crippen molar-refractivity contribution in [1.82, 2.24) is 5.32 Å². The molecular formula is C14H18ClNO4. The fourth-order valence-electron chi connectivity index (χ4n) is 1.73. The van der Waals surface area contributed by atoms with E-state index >= 15 is 0 Å². The number of rotatable bonds is 6. The summed E-state index contributed by atoms with van der Waals surface area (Å²) in [6.45, 7) is 1.92. The van der Waals surface area contributed by atoms with Crippen LogP contribution >= 0.6 is 11.6 Å². The largest absolute Gasteiger partial charge is 0.495 e. The summed E-state index contributed by atoms with van der Waals surface area (Å²) in [6.07, 6.45) is 1.27. The minimum absolute atomic E-state index is 0.338. The molecular weight excluding hydrogens is 282 g/mol. The van der Waals surface area contributed by atoms with Gasteiger partial charge in [0.2, 0.25) is 0 Å². The molecule has 0 saturated carbocycles. The van der Waals surface area contributed by atoms with Gasteiger partial charge in [0, 0.05) is 5.56 Å². The van der Waals surface area contributed by atoms with E-state index in [4.69, 9.17) is 16.3 Å². The van der Waals surface area contributed by atoms with Crippen LogP contribution in [0, 0.1) is 0 Å². The molecule has 0 aliphatic heterocycles. The fraction of sp³-hybridized carbons (Fsp3) is 0.429. The standard InChI is InChI=1S/C14H18ClNO4/c1-4-5-11(14(18)20-3)16-13(17)9-6-7-12(19-2)10(15)8-9/h6-8,11H,4-5H2,1-3H3,(H,16,17). The number of nitrogens with one attached hydrogen (secondary N) is 1. The van der Waals surface area contributed by atoms with E-state index in [0.29, 0.717) is 22.8 Å². The van der Waals surface area contributed by atoms with Crippen LogP contribution in [0.5, 0.6) is 5.75 Å². The lowest BCUT2D eigenvalue weighted by atomic mass is 10.1. The highest BCUT2D eigenvalue weighted by atomic mass is 35.5. The Morgan fingerprint density at radius 2 is 2.05 bits per heavy atom. The molecule has 0 saturated heterocycles. The fourth-order valence-corrected chi connectivity index (χ4v) is 1.99. The van der Waals surface area contributed by atoms with E-state index in [1.54, 1.807) is 12.1 Å². The number of benzene rings is 1. The molecule has 1 N–H and O–H groups in total. The highest BCUT2D eigenvalue weighted by molar-refractivity contribution is 6.32. The Kier molecular flexibility index (Phi) is 6.31. The highest BCUT2D eigenvalue weighted by Gasteiger charge is 2.21. The summed E-state index contributed by atoms with van der Waals surface area (Å²) in [5.41, 5.74) is 0.362. The Morgan fingerprint density at radius 3 is 2.55 bits per heavy atom. The Balaban J connectivity index is 2.83. The van der Waals surface area contributed by atoms with Gasteiger partial charge in [0.25, 0.3) is 5.91 Å². The van der Waals surface area contributed by atoms with Gasteiger partial charge >= 0.3 is 5.97 Å². The van der Waals surface area contributed by atoms with Crippen molar-refractivity contribution in [1.29, 1.82) is 0 Å². The Hall–Kier alpha value is -1.75. The summed E-state index contributed by atoms with van der Waals surface area (Å²) in [5, 5.41) is 2.97. The Bertz CT molecular complexity index is 490. The van der Waals surface area contributed by atoms with Gasteiger partial charge in [-0.3, -0.25) is 4.79 Å². The van der Waals surface area contributed by atoms with Crippen molar-refractivity contribution in [2.24, 2.45) is 0 Å². The monoisotopic (exact) mass is 299 g/mol. The highest BCUT2D eigenvalue weighted by Crippen LogP contribution is 2.24. The normalized spacial score (nSPS) is 11.6. The minimum atomic E-state index is -0.654. The van der Waals surface area contributed by atoms with Crippen LogP contribution in [0.3, 0.4) is 0 Å². The third-order valence-electron chi connectivity index (χ3n) is 2.78. The lowest BCUT2D eigenvalue weighted by Gasteiger charge is -2.16. The molecule has 20 heavy (non-hydrogen) atoms. The van der Waals surface area contributed by atoms with Crippen molar-refractivity contribution in [3.05, 3.63) is 28.8 Å². The first-order valence-corrected chi connectivity index (χ1v) is 6.63. The smallest absolute Gasteiger partial charge is 0.328 e. The second kappa shape index (κ2) is 7.75. The molecule has 5 nitrogen and oxygen atoms in total. The van der Waals surface area contributed by atoms with Crippen LogP contribution in [0.15, 0.2) is 18.2 Å². The van der Waals surface area contributed by atoms with Crippen LogP contribution in [-0.2, 0) is 9.53 Å². The van der Waals surface area contributed by atoms with Gasteiger partial charge in [-0.25, -0.2) is 4.79 Å². The van der Waals surface area contributed by atoms with Crippen molar-refractivity contribution < 1.29 is 19.1 Å². The second-order valence-electron chi connectivity index (χ2n) is 4.19. The molecule has 0 aliphatic carbocycles. The van der Waals surface area contributed by atoms with E-state index in [9.17, 15) is 9.59 Å². The van der Waals surface area contributed by atoms with Crippen LogP contribution < -0.4 is 10.1 Å². The van der Waals surface area contributed by atoms with Gasteiger partial charge in [-0.05, 0) is 24.6 Å². The quantitative estimate of drug-likeness (QED) is 0.819. The first kappa shape index (κ1) is 16.3. The number of hydrogen-bond acceptors (Lipinski definition) is 4. The number of halogens is 1. The molecule has 0 radical (unpaired) electrons. The molecule has 1 rings (SSSR count). The van der Waals surface area contributed by atoms with Crippen LogP contribution in [0.1, 0.15) is 30.1 Å². The molecule has 0 fully saturated rings. The van der Waals surface area contributed by atoms with Gasteiger partial charge in [0.05, 0.1) is 19.2 Å². The number of amides is 1. The van der Waals surface area contributed by atoms with Crippen LogP contribution in [-0.4, -0.2) is 32.1 Å². The summed E-state index contributed by atoms with van der Waals surface area (Å²) < 4.78 is 9.68. The first-order chi connectivity index (χ1) is 9.53. The van der Waals surface area contributed by atoms with Crippen molar-refractivity contribution in [2.75, 3.05) is 14.2 Å². The summed E-state index contributed by atoms with van der Waals surface area (Å²) in [7, 11) is 2.79. The van der Waals surface area contributed by atoms with Crippen LogP contribution in [0.25, 0.3) is 0 Å². The van der Waals surface area contributed by atoms with E-state index in [1.807, 2.05) is 6.92 Å². The maximum Gasteiger partial charge on any atom is 0.328 e. The number of methoxy groups -OCH3 is 2. The third-order valence-corrected chi connectivity index (χ3v) is 3.08. The molecule has 0 heterocycles. The number of ether oxygens (including phenoxy) is 2. The molecule has 1 atom stereocenters. The average Bonchev–Trinajstić information content (AvgIpc) is 2.45. The number of hydrogen-bond donors (Lipinski definition) is 1. The summed E-state index contributed by atoms with van der Waals surface area (Å²) in [6, 6.07) is 4.03. The lowest BCUT2D eigenvalue weighted by molar-refractivity contribution is -0.143. The first-order valence-electron chi connectivity index (χ1n) is 6.25. The van der Waals surface area contributed by atoms with Crippen molar-refractivity contribution in [2.45, 2.75) is 25.8 Å². The molecule has 1 aromatic rings. The van der Waals surface area contributed by atoms with E-state index in [0.717, 1.165) is 6.42 Å². The van der Waals surface area contributed by atoms with E-state index in [-0.39, 0.29) is 5.91 Å². The zero-order chi connectivity index (χ0) is 15.1. The SMILES string of the molecule is CCCC(NC(=O)c1ccc(OC)c(Cl)c1)C(=O)OC. The summed E-state index contributed by atoms with van der Waals surface area (Å²) >= 11 is 5.96. The van der Waals surface area contributed by atoms with E-state index < -0.39 is 12.0 Å². The second-order valence-corrected chi connectivity index (χ2v) is 4.59. The minimum Gasteiger partial charge on any atom is -0.495 e. The zero-order valence-corrected chi connectivity index (χ0v) is 12.5. The number of carbonyl (C=O) groups is 2. The van der Waals surface area contributed by atoms with Crippen molar-refractivity contribution in [3.8, 4) is 5.75 Å². The predicted molar refractivity (Wildman–Crippen MR) is 76.2 cm³/mol. The molecule has 0 aliphatic rings. The van der Waals surface area contributed by atoms with Crippen LogP contribution in [0.2, 0.25) is 5.02 Å². The summed E-state index contributed by atoms with van der Waals surface area (Å²) in [4.78, 5) is 23.6. The van der Waals surface area contributed by atoms with E-state index in [1.165, 1.54) is 20.3 Å². The Labute approximate surface area is 123 Å². The van der Waals surface area contributed by atoms with E-state index in [2.05, 4.69) is 10.1 Å². The van der Waals surface area contributed by atoms with Gasteiger partial charge in [0.1, 0.15) is 11.8 Å². The lowest BCUT2D eigenvalue weighted by Crippen LogP contribution is -2.41. The van der Waals surface area contributed by atoms with Crippen molar-refractivity contribution in [3.63, 3.8) is 0 Å². The van der Waals surface area contributed by atoms with Crippen molar-refractivity contribution >= 4 is 23.5 Å². The van der Waals surface area contributed by atoms with Gasteiger partial charge in [0.15, 0.2) is 0 Å². The maximum atomic E-state index is 12.1. The topological polar surface area (TPSA) is 64.6 Å². The predicted octanol–water partition coefficient (Wildman–Crippen LogP) is 2.42. The van der Waals surface area contributed by atoms with Crippen LogP contribution in [0.4, 0.5) is 0 Å². The average molecular weight is 300 g/mol. The van der Waals surface area contributed by atoms with Gasteiger partial charge in [-0.15, -0.1) is 0 Å². The Morgan fingerprint density at radius 1 is 1.35 bits per heavy atom. The molecule has 0 bridgehead atoms. The molecule has 6 heteroatoms. The summed E-state index contributed by atoms with van der Waals surface area (Å²) in [5.74, 6) is -0.348. The third kappa shape index (κ3) is 4.13. The van der Waals surface area contributed by atoms with Gasteiger partial charge < -0.3 is 14.8 Å².